The molecule has 4 rings (SSSR count). The Hall–Kier alpha value is -3.87. The molecule has 0 N–H and O–H groups in total. The number of rotatable bonds is 9. The van der Waals surface area contributed by atoms with E-state index in [0.717, 1.165) is 34.6 Å². The number of ether oxygens (including phenoxy) is 5. The molecule has 3 aromatic carbocycles. The van der Waals surface area contributed by atoms with Gasteiger partial charge in [-0.15, -0.1) is 0 Å². The third-order valence-corrected chi connectivity index (χ3v) is 6.30. The van der Waals surface area contributed by atoms with Crippen LogP contribution in [-0.4, -0.2) is 52.4 Å². The highest BCUT2D eigenvalue weighted by Crippen LogP contribution is 2.38. The average molecular weight is 478 g/mol. The maximum atomic E-state index is 13.5. The SMILES string of the molecule is COc1ccc(CC(=O)N2CCc3cc(OC)c(OC)cc3[C@H]2COc2ccc(OC)cc2)cc1. The second-order valence-electron chi connectivity index (χ2n) is 8.27. The number of hydrogen-bond acceptors (Lipinski definition) is 6. The lowest BCUT2D eigenvalue weighted by molar-refractivity contribution is -0.134. The molecule has 0 bridgehead atoms. The molecule has 0 spiro atoms. The van der Waals surface area contributed by atoms with Crippen LogP contribution in [-0.2, 0) is 17.6 Å². The average Bonchev–Trinajstić information content (AvgIpc) is 2.91. The summed E-state index contributed by atoms with van der Waals surface area (Å²) in [5, 5.41) is 0. The summed E-state index contributed by atoms with van der Waals surface area (Å²) in [4.78, 5) is 15.4. The molecule has 7 heteroatoms. The molecule has 0 unspecified atom stereocenters. The van der Waals surface area contributed by atoms with Crippen LogP contribution in [0.1, 0.15) is 22.7 Å². The van der Waals surface area contributed by atoms with Crippen molar-refractivity contribution < 1.29 is 28.5 Å². The van der Waals surface area contributed by atoms with Gasteiger partial charge in [-0.05, 0) is 71.6 Å². The maximum Gasteiger partial charge on any atom is 0.227 e. The third-order valence-electron chi connectivity index (χ3n) is 6.30. The van der Waals surface area contributed by atoms with Crippen LogP contribution >= 0.6 is 0 Å². The molecule has 1 aliphatic heterocycles. The van der Waals surface area contributed by atoms with Gasteiger partial charge in [0.05, 0.1) is 40.9 Å². The molecule has 0 aliphatic carbocycles. The zero-order valence-corrected chi connectivity index (χ0v) is 20.6. The number of carbonyl (C=O) groups is 1. The van der Waals surface area contributed by atoms with Crippen molar-refractivity contribution in [1.29, 1.82) is 0 Å². The number of amides is 1. The van der Waals surface area contributed by atoms with Crippen molar-refractivity contribution in [3.05, 3.63) is 77.4 Å². The van der Waals surface area contributed by atoms with E-state index >= 15 is 0 Å². The molecule has 0 aromatic heterocycles. The fraction of sp³-hybridized carbons (Fsp3) is 0.321. The first-order valence-electron chi connectivity index (χ1n) is 11.5. The predicted molar refractivity (Wildman–Crippen MR) is 133 cm³/mol. The molecule has 3 aromatic rings. The Bertz CT molecular complexity index is 1140. The number of hydrogen-bond donors (Lipinski definition) is 0. The minimum absolute atomic E-state index is 0.0407. The third kappa shape index (κ3) is 5.45. The van der Waals surface area contributed by atoms with E-state index < -0.39 is 0 Å². The van der Waals surface area contributed by atoms with Gasteiger partial charge in [0.1, 0.15) is 23.9 Å². The molecule has 0 saturated carbocycles. The summed E-state index contributed by atoms with van der Waals surface area (Å²) in [7, 11) is 6.50. The first kappa shape index (κ1) is 24.3. The van der Waals surface area contributed by atoms with Gasteiger partial charge >= 0.3 is 0 Å². The lowest BCUT2D eigenvalue weighted by Crippen LogP contribution is -2.43. The number of benzene rings is 3. The summed E-state index contributed by atoms with van der Waals surface area (Å²) in [5.74, 6) is 3.58. The Morgan fingerprint density at radius 1 is 0.800 bits per heavy atom. The van der Waals surface area contributed by atoms with Gasteiger partial charge in [0, 0.05) is 6.54 Å². The van der Waals surface area contributed by atoms with Crippen LogP contribution in [0.5, 0.6) is 28.7 Å². The highest BCUT2D eigenvalue weighted by atomic mass is 16.5. The van der Waals surface area contributed by atoms with Crippen LogP contribution in [0.15, 0.2) is 60.7 Å². The van der Waals surface area contributed by atoms with Crippen LogP contribution in [0, 0.1) is 0 Å². The molecule has 35 heavy (non-hydrogen) atoms. The van der Waals surface area contributed by atoms with Gasteiger partial charge in [0.2, 0.25) is 5.91 Å². The topological polar surface area (TPSA) is 66.5 Å². The second-order valence-corrected chi connectivity index (χ2v) is 8.27. The normalized spacial score (nSPS) is 14.6. The van der Waals surface area contributed by atoms with E-state index in [0.29, 0.717) is 36.8 Å². The molecule has 1 atom stereocenters. The molecule has 1 heterocycles. The van der Waals surface area contributed by atoms with Gasteiger partial charge in [-0.3, -0.25) is 4.79 Å². The van der Waals surface area contributed by atoms with Crippen molar-refractivity contribution in [2.24, 2.45) is 0 Å². The van der Waals surface area contributed by atoms with E-state index in [4.69, 9.17) is 23.7 Å². The zero-order valence-electron chi connectivity index (χ0n) is 20.6. The number of carbonyl (C=O) groups excluding carboxylic acids is 1. The van der Waals surface area contributed by atoms with E-state index in [1.807, 2.05) is 65.6 Å². The number of nitrogens with zero attached hydrogens (tertiary/aromatic N) is 1. The summed E-state index contributed by atoms with van der Waals surface area (Å²) in [5.41, 5.74) is 3.06. The van der Waals surface area contributed by atoms with Crippen LogP contribution in [0.25, 0.3) is 0 Å². The van der Waals surface area contributed by atoms with Crippen molar-refractivity contribution >= 4 is 5.91 Å². The van der Waals surface area contributed by atoms with Gasteiger partial charge in [-0.2, -0.15) is 0 Å². The van der Waals surface area contributed by atoms with Crippen molar-refractivity contribution in [2.45, 2.75) is 18.9 Å². The minimum atomic E-state index is -0.272. The predicted octanol–water partition coefficient (Wildman–Crippen LogP) is 4.47. The van der Waals surface area contributed by atoms with E-state index in [1.54, 1.807) is 28.4 Å². The molecule has 0 radical (unpaired) electrons. The van der Waals surface area contributed by atoms with E-state index in [9.17, 15) is 4.79 Å². The molecule has 0 fully saturated rings. The smallest absolute Gasteiger partial charge is 0.227 e. The molecule has 7 nitrogen and oxygen atoms in total. The Morgan fingerprint density at radius 3 is 1.97 bits per heavy atom. The molecule has 0 saturated heterocycles. The van der Waals surface area contributed by atoms with Gasteiger partial charge < -0.3 is 28.6 Å². The van der Waals surface area contributed by atoms with E-state index in [-0.39, 0.29) is 11.9 Å². The number of fused-ring (bicyclic) bond motifs is 1. The Labute approximate surface area is 206 Å². The minimum Gasteiger partial charge on any atom is -0.497 e. The van der Waals surface area contributed by atoms with Crippen LogP contribution in [0.2, 0.25) is 0 Å². The number of methoxy groups -OCH3 is 4. The van der Waals surface area contributed by atoms with Crippen molar-refractivity contribution in [3.8, 4) is 28.7 Å². The van der Waals surface area contributed by atoms with Gasteiger partial charge in [-0.1, -0.05) is 12.1 Å². The van der Waals surface area contributed by atoms with Crippen molar-refractivity contribution in [2.75, 3.05) is 41.6 Å². The van der Waals surface area contributed by atoms with Crippen LogP contribution in [0.3, 0.4) is 0 Å². The van der Waals surface area contributed by atoms with Gasteiger partial charge in [-0.25, -0.2) is 0 Å². The van der Waals surface area contributed by atoms with E-state index in [1.165, 1.54) is 0 Å². The monoisotopic (exact) mass is 477 g/mol. The highest BCUT2D eigenvalue weighted by Gasteiger charge is 2.32. The summed E-state index contributed by atoms with van der Waals surface area (Å²) in [6, 6.07) is 18.7. The standard InChI is InChI=1S/C28H31NO6/c1-31-21-7-5-19(6-8-21)15-28(30)29-14-13-20-16-26(33-3)27(34-4)17-24(20)25(29)18-35-23-11-9-22(32-2)10-12-23/h5-12,16-17,25H,13-15,18H2,1-4H3/t25-/m1/s1. The summed E-state index contributed by atoms with van der Waals surface area (Å²) in [6.07, 6.45) is 1.02. The molecule has 1 amide bonds. The van der Waals surface area contributed by atoms with Crippen molar-refractivity contribution in [3.63, 3.8) is 0 Å². The van der Waals surface area contributed by atoms with Gasteiger partial charge in [0.25, 0.3) is 0 Å². The molecular weight excluding hydrogens is 446 g/mol. The lowest BCUT2D eigenvalue weighted by atomic mass is 9.91. The first-order chi connectivity index (χ1) is 17.1. The van der Waals surface area contributed by atoms with Gasteiger partial charge in [0.15, 0.2) is 11.5 Å². The molecule has 1 aliphatic rings. The van der Waals surface area contributed by atoms with Crippen LogP contribution in [0.4, 0.5) is 0 Å². The van der Waals surface area contributed by atoms with Crippen molar-refractivity contribution in [1.82, 2.24) is 4.90 Å². The second kappa shape index (κ2) is 11.0. The Balaban J connectivity index is 1.61. The fourth-order valence-electron chi connectivity index (χ4n) is 4.37. The lowest BCUT2D eigenvalue weighted by Gasteiger charge is -2.37. The Kier molecular flexibility index (Phi) is 7.65. The Morgan fingerprint density at radius 2 is 1.37 bits per heavy atom. The summed E-state index contributed by atoms with van der Waals surface area (Å²) in [6.45, 7) is 0.900. The van der Waals surface area contributed by atoms with Crippen LogP contribution < -0.4 is 23.7 Å². The summed E-state index contributed by atoms with van der Waals surface area (Å²) < 4.78 is 27.7. The maximum absolute atomic E-state index is 13.5. The largest absolute Gasteiger partial charge is 0.497 e. The zero-order chi connectivity index (χ0) is 24.8. The fourth-order valence-corrected chi connectivity index (χ4v) is 4.37. The quantitative estimate of drug-likeness (QED) is 0.453. The van der Waals surface area contributed by atoms with E-state index in [2.05, 4.69) is 0 Å². The first-order valence-corrected chi connectivity index (χ1v) is 11.5. The summed E-state index contributed by atoms with van der Waals surface area (Å²) >= 11 is 0. The molecular formula is C28H31NO6. The highest BCUT2D eigenvalue weighted by molar-refractivity contribution is 5.80. The molecule has 184 valence electrons.